The van der Waals surface area contributed by atoms with Crippen LogP contribution in [0.2, 0.25) is 0 Å². The van der Waals surface area contributed by atoms with Gasteiger partial charge in [0.1, 0.15) is 0 Å². The second kappa shape index (κ2) is 4.78. The molecule has 1 N–H and O–H groups in total. The number of hydrogen-bond acceptors (Lipinski definition) is 2. The van der Waals surface area contributed by atoms with Crippen molar-refractivity contribution in [2.24, 2.45) is 0 Å². The summed E-state index contributed by atoms with van der Waals surface area (Å²) in [6.07, 6.45) is 1.35. The topological polar surface area (TPSA) is 44.0 Å². The molecule has 0 fully saturated rings. The highest BCUT2D eigenvalue weighted by Crippen LogP contribution is 2.20. The van der Waals surface area contributed by atoms with Crippen molar-refractivity contribution in [2.75, 3.05) is 0 Å². The number of nitriles is 1. The predicted octanol–water partition coefficient (Wildman–Crippen LogP) is 2.28. The van der Waals surface area contributed by atoms with Crippen LogP contribution in [0.1, 0.15) is 25.3 Å². The molecule has 0 aromatic heterocycles. The molecule has 0 saturated heterocycles. The van der Waals surface area contributed by atoms with Crippen molar-refractivity contribution in [3.05, 3.63) is 35.9 Å². The molecule has 1 aromatic carbocycles. The monoisotopic (exact) mass is 189 g/mol. The van der Waals surface area contributed by atoms with Gasteiger partial charge >= 0.3 is 0 Å². The first-order valence-electron chi connectivity index (χ1n) is 4.83. The number of aliphatic hydroxyl groups is 1. The van der Waals surface area contributed by atoms with E-state index in [9.17, 15) is 5.11 Å². The Morgan fingerprint density at radius 1 is 1.36 bits per heavy atom. The van der Waals surface area contributed by atoms with Crippen molar-refractivity contribution < 1.29 is 5.11 Å². The molecule has 1 unspecified atom stereocenters. The van der Waals surface area contributed by atoms with Gasteiger partial charge in [0.25, 0.3) is 0 Å². The third-order valence-electron chi connectivity index (χ3n) is 2.44. The summed E-state index contributed by atoms with van der Waals surface area (Å²) in [6, 6.07) is 11.8. The molecule has 0 aliphatic heterocycles. The molecule has 0 bridgehead atoms. The Labute approximate surface area is 84.8 Å². The second-order valence-corrected chi connectivity index (χ2v) is 3.58. The Morgan fingerprint density at radius 3 is 2.50 bits per heavy atom. The van der Waals surface area contributed by atoms with Crippen molar-refractivity contribution in [2.45, 2.75) is 31.8 Å². The molecule has 74 valence electrons. The Bertz CT molecular complexity index is 315. The van der Waals surface area contributed by atoms with Gasteiger partial charge in [-0.05, 0) is 12.0 Å². The first-order valence-corrected chi connectivity index (χ1v) is 4.83. The Balaban J connectivity index is 2.71. The van der Waals surface area contributed by atoms with E-state index in [4.69, 9.17) is 5.26 Å². The van der Waals surface area contributed by atoms with E-state index in [1.807, 2.05) is 43.3 Å². The average Bonchev–Trinajstić information content (AvgIpc) is 2.20. The maximum absolute atomic E-state index is 10.1. The van der Waals surface area contributed by atoms with Crippen molar-refractivity contribution in [3.63, 3.8) is 0 Å². The molecule has 0 heterocycles. The molecule has 0 aliphatic rings. The molecule has 2 nitrogen and oxygen atoms in total. The van der Waals surface area contributed by atoms with Gasteiger partial charge in [-0.15, -0.1) is 0 Å². The molecular weight excluding hydrogens is 174 g/mol. The average molecular weight is 189 g/mol. The molecule has 0 saturated carbocycles. The number of hydrogen-bond donors (Lipinski definition) is 1. The highest BCUT2D eigenvalue weighted by molar-refractivity contribution is 5.17. The first-order chi connectivity index (χ1) is 6.70. The van der Waals surface area contributed by atoms with E-state index in [1.54, 1.807) is 0 Å². The van der Waals surface area contributed by atoms with Gasteiger partial charge in [-0.1, -0.05) is 37.3 Å². The van der Waals surface area contributed by atoms with Gasteiger partial charge in [-0.3, -0.25) is 0 Å². The van der Waals surface area contributed by atoms with Gasteiger partial charge in [-0.25, -0.2) is 0 Å². The lowest BCUT2D eigenvalue weighted by atomic mass is 9.89. The molecule has 1 atom stereocenters. The first kappa shape index (κ1) is 10.7. The Hall–Kier alpha value is -1.33. The summed E-state index contributed by atoms with van der Waals surface area (Å²) < 4.78 is 0. The quantitative estimate of drug-likeness (QED) is 0.789. The predicted molar refractivity (Wildman–Crippen MR) is 55.6 cm³/mol. The Morgan fingerprint density at radius 2 is 2.00 bits per heavy atom. The lowest BCUT2D eigenvalue weighted by molar-refractivity contribution is 0.0413. The summed E-state index contributed by atoms with van der Waals surface area (Å²) in [7, 11) is 0. The fraction of sp³-hybridized carbons (Fsp3) is 0.417. The van der Waals surface area contributed by atoms with Crippen LogP contribution < -0.4 is 0 Å². The fourth-order valence-electron chi connectivity index (χ4n) is 1.44. The fourth-order valence-corrected chi connectivity index (χ4v) is 1.44. The van der Waals surface area contributed by atoms with Gasteiger partial charge < -0.3 is 5.11 Å². The van der Waals surface area contributed by atoms with Crippen LogP contribution in [0.25, 0.3) is 0 Å². The van der Waals surface area contributed by atoms with Crippen LogP contribution in [-0.2, 0) is 6.42 Å². The zero-order valence-electron chi connectivity index (χ0n) is 8.40. The lowest BCUT2D eigenvalue weighted by Crippen LogP contribution is -2.29. The molecule has 2 heteroatoms. The van der Waals surface area contributed by atoms with E-state index in [1.165, 1.54) is 0 Å². The van der Waals surface area contributed by atoms with Crippen molar-refractivity contribution >= 4 is 0 Å². The smallest absolute Gasteiger partial charge is 0.0814 e. The molecule has 0 spiro atoms. The summed E-state index contributed by atoms with van der Waals surface area (Å²) in [5.41, 5.74) is 0.211. The van der Waals surface area contributed by atoms with Crippen LogP contribution in [0.5, 0.6) is 0 Å². The summed E-state index contributed by atoms with van der Waals surface area (Å²) in [5.74, 6) is 0. The van der Waals surface area contributed by atoms with E-state index in [0.29, 0.717) is 12.8 Å². The van der Waals surface area contributed by atoms with Crippen LogP contribution in [-0.4, -0.2) is 10.7 Å². The second-order valence-electron chi connectivity index (χ2n) is 3.58. The number of rotatable bonds is 4. The largest absolute Gasteiger partial charge is 0.388 e. The summed E-state index contributed by atoms with van der Waals surface area (Å²) >= 11 is 0. The minimum atomic E-state index is -0.865. The maximum Gasteiger partial charge on any atom is 0.0814 e. The van der Waals surface area contributed by atoms with E-state index >= 15 is 0 Å². The number of nitrogens with zero attached hydrogens (tertiary/aromatic N) is 1. The minimum absolute atomic E-state index is 0.193. The molecule has 0 radical (unpaired) electrons. The van der Waals surface area contributed by atoms with Crippen LogP contribution in [0.4, 0.5) is 0 Å². The minimum Gasteiger partial charge on any atom is -0.388 e. The van der Waals surface area contributed by atoms with Crippen LogP contribution in [0.3, 0.4) is 0 Å². The highest BCUT2D eigenvalue weighted by atomic mass is 16.3. The SMILES string of the molecule is CCC(O)(CC#N)Cc1ccccc1. The van der Waals surface area contributed by atoms with Gasteiger partial charge in [0.15, 0.2) is 0 Å². The third-order valence-corrected chi connectivity index (χ3v) is 2.44. The third kappa shape index (κ3) is 2.86. The molecule has 14 heavy (non-hydrogen) atoms. The highest BCUT2D eigenvalue weighted by Gasteiger charge is 2.24. The van der Waals surface area contributed by atoms with Crippen molar-refractivity contribution in [1.82, 2.24) is 0 Å². The summed E-state index contributed by atoms with van der Waals surface area (Å²) in [4.78, 5) is 0. The maximum atomic E-state index is 10.1. The normalized spacial score (nSPS) is 14.4. The van der Waals surface area contributed by atoms with Crippen molar-refractivity contribution in [3.8, 4) is 6.07 Å². The molecule has 1 aromatic rings. The van der Waals surface area contributed by atoms with Gasteiger partial charge in [0, 0.05) is 6.42 Å². The molecule has 0 amide bonds. The molecular formula is C12H15NO. The van der Waals surface area contributed by atoms with Crippen LogP contribution in [0.15, 0.2) is 30.3 Å². The zero-order valence-corrected chi connectivity index (χ0v) is 8.40. The zero-order chi connectivity index (χ0) is 10.4. The van der Waals surface area contributed by atoms with Gasteiger partial charge in [-0.2, -0.15) is 5.26 Å². The summed E-state index contributed by atoms with van der Waals surface area (Å²) in [6.45, 7) is 1.90. The van der Waals surface area contributed by atoms with Gasteiger partial charge in [0.2, 0.25) is 0 Å². The summed E-state index contributed by atoms with van der Waals surface area (Å²) in [5, 5.41) is 18.7. The standard InChI is InChI=1S/C12H15NO/c1-2-12(14,8-9-13)10-11-6-4-3-5-7-11/h3-7,14H,2,8,10H2,1H3. The molecule has 1 rings (SSSR count). The molecule has 0 aliphatic carbocycles. The van der Waals surface area contributed by atoms with Crippen LogP contribution in [0, 0.1) is 11.3 Å². The Kier molecular flexibility index (Phi) is 3.67. The van der Waals surface area contributed by atoms with Crippen LogP contribution >= 0.6 is 0 Å². The van der Waals surface area contributed by atoms with E-state index in [-0.39, 0.29) is 6.42 Å². The van der Waals surface area contributed by atoms with E-state index < -0.39 is 5.60 Å². The van der Waals surface area contributed by atoms with E-state index in [2.05, 4.69) is 0 Å². The number of benzene rings is 1. The van der Waals surface area contributed by atoms with E-state index in [0.717, 1.165) is 5.56 Å². The van der Waals surface area contributed by atoms with Crippen molar-refractivity contribution in [1.29, 1.82) is 5.26 Å². The lowest BCUT2D eigenvalue weighted by Gasteiger charge is -2.23. The van der Waals surface area contributed by atoms with Gasteiger partial charge in [0.05, 0.1) is 18.1 Å².